The molecular weight excluding hydrogens is 312 g/mol. The van der Waals surface area contributed by atoms with Crippen molar-refractivity contribution in [2.24, 2.45) is 4.99 Å². The van der Waals surface area contributed by atoms with Crippen molar-refractivity contribution in [1.82, 2.24) is 9.97 Å². The number of imidazole rings is 1. The lowest BCUT2D eigenvalue weighted by Crippen LogP contribution is -1.82. The van der Waals surface area contributed by atoms with Gasteiger partial charge in [-0.3, -0.25) is 4.99 Å². The van der Waals surface area contributed by atoms with Crippen molar-refractivity contribution in [3.63, 3.8) is 0 Å². The number of rotatable bonds is 3. The van der Waals surface area contributed by atoms with Gasteiger partial charge in [0.15, 0.2) is 0 Å². The van der Waals surface area contributed by atoms with Crippen LogP contribution in [0.4, 0.5) is 11.4 Å². The number of aromatic hydroxyl groups is 1. The largest absolute Gasteiger partial charge is 0.508 e. The van der Waals surface area contributed by atoms with Gasteiger partial charge in [-0.15, -0.1) is 0 Å². The minimum Gasteiger partial charge on any atom is -0.508 e. The lowest BCUT2D eigenvalue weighted by Gasteiger charge is -1.98. The fourth-order valence-corrected chi connectivity index (χ4v) is 2.58. The smallest absolute Gasteiger partial charge is 0.138 e. The number of aromatic amines is 1. The van der Waals surface area contributed by atoms with Crippen LogP contribution in [-0.4, -0.2) is 21.3 Å². The van der Waals surface area contributed by atoms with Crippen LogP contribution in [0.2, 0.25) is 0 Å². The number of H-pyrrole nitrogens is 1. The Morgan fingerprint density at radius 3 is 2.48 bits per heavy atom. The number of aromatic nitrogens is 2. The monoisotopic (exact) mass is 328 g/mol. The van der Waals surface area contributed by atoms with Crippen LogP contribution in [0.25, 0.3) is 22.4 Å². The summed E-state index contributed by atoms with van der Waals surface area (Å²) in [5.41, 5.74) is 11.1. The molecule has 0 fully saturated rings. The lowest BCUT2D eigenvalue weighted by molar-refractivity contribution is 0.475. The molecule has 0 saturated heterocycles. The standard InChI is InChI=1S/C20H16N4O/c21-15-5-10-18-19(11-15)24-20(23-18)14-3-6-16(7-4-14)22-12-13-1-8-17(25)9-2-13/h1-12,25H,21H2,(H,23,24). The van der Waals surface area contributed by atoms with E-state index in [1.165, 1.54) is 0 Å². The number of hydrogen-bond donors (Lipinski definition) is 3. The molecule has 4 aromatic rings. The number of nitrogen functional groups attached to an aromatic ring is 1. The minimum atomic E-state index is 0.245. The third kappa shape index (κ3) is 3.21. The molecule has 1 aromatic heterocycles. The van der Waals surface area contributed by atoms with Crippen molar-refractivity contribution >= 4 is 28.6 Å². The van der Waals surface area contributed by atoms with Crippen LogP contribution in [-0.2, 0) is 0 Å². The lowest BCUT2D eigenvalue weighted by atomic mass is 10.2. The number of anilines is 1. The summed E-state index contributed by atoms with van der Waals surface area (Å²) in [7, 11) is 0. The Hall–Kier alpha value is -3.60. The maximum atomic E-state index is 9.29. The number of aliphatic imine (C=N–C) groups is 1. The third-order valence-electron chi connectivity index (χ3n) is 3.90. The first-order valence-electron chi connectivity index (χ1n) is 7.86. The number of hydrogen-bond acceptors (Lipinski definition) is 4. The molecule has 5 heteroatoms. The quantitative estimate of drug-likeness (QED) is 0.388. The maximum absolute atomic E-state index is 9.29. The van der Waals surface area contributed by atoms with E-state index in [1.54, 1.807) is 18.3 Å². The summed E-state index contributed by atoms with van der Waals surface area (Å²) in [6, 6.07) is 20.4. The van der Waals surface area contributed by atoms with E-state index in [2.05, 4.69) is 15.0 Å². The summed E-state index contributed by atoms with van der Waals surface area (Å²) in [5.74, 6) is 1.05. The summed E-state index contributed by atoms with van der Waals surface area (Å²) in [6.45, 7) is 0. The topological polar surface area (TPSA) is 87.3 Å². The summed E-state index contributed by atoms with van der Waals surface area (Å²) < 4.78 is 0. The Balaban J connectivity index is 1.57. The highest BCUT2D eigenvalue weighted by Gasteiger charge is 2.05. The van der Waals surface area contributed by atoms with Crippen LogP contribution < -0.4 is 5.73 Å². The fraction of sp³-hybridized carbons (Fsp3) is 0. The molecule has 0 aliphatic carbocycles. The molecule has 0 amide bonds. The van der Waals surface area contributed by atoms with E-state index in [0.717, 1.165) is 33.7 Å². The number of nitrogens with one attached hydrogen (secondary N) is 1. The first kappa shape index (κ1) is 15.0. The molecule has 4 rings (SSSR count). The second-order valence-corrected chi connectivity index (χ2v) is 5.76. The van der Waals surface area contributed by atoms with Gasteiger partial charge in [0.2, 0.25) is 0 Å². The molecule has 0 spiro atoms. The van der Waals surface area contributed by atoms with E-state index in [0.29, 0.717) is 5.69 Å². The first-order chi connectivity index (χ1) is 12.2. The highest BCUT2D eigenvalue weighted by molar-refractivity contribution is 5.83. The molecule has 0 aliphatic heterocycles. The van der Waals surface area contributed by atoms with Crippen molar-refractivity contribution in [3.8, 4) is 17.1 Å². The average molecular weight is 328 g/mol. The molecule has 5 nitrogen and oxygen atoms in total. The molecule has 0 unspecified atom stereocenters. The Labute approximate surface area is 144 Å². The average Bonchev–Trinajstić information content (AvgIpc) is 3.05. The van der Waals surface area contributed by atoms with Crippen LogP contribution in [0.15, 0.2) is 71.7 Å². The van der Waals surface area contributed by atoms with Crippen LogP contribution in [0.3, 0.4) is 0 Å². The summed E-state index contributed by atoms with van der Waals surface area (Å²) >= 11 is 0. The van der Waals surface area contributed by atoms with Gasteiger partial charge >= 0.3 is 0 Å². The Morgan fingerprint density at radius 1 is 0.960 bits per heavy atom. The predicted molar refractivity (Wildman–Crippen MR) is 101 cm³/mol. The molecule has 0 bridgehead atoms. The summed E-state index contributed by atoms with van der Waals surface area (Å²) in [4.78, 5) is 12.3. The highest BCUT2D eigenvalue weighted by atomic mass is 16.3. The number of phenols is 1. The molecule has 4 N–H and O–H groups in total. The molecule has 0 aliphatic rings. The van der Waals surface area contributed by atoms with Crippen molar-refractivity contribution < 1.29 is 5.11 Å². The first-order valence-corrected chi connectivity index (χ1v) is 7.86. The van der Waals surface area contributed by atoms with Crippen molar-refractivity contribution in [2.75, 3.05) is 5.73 Å². The molecule has 25 heavy (non-hydrogen) atoms. The zero-order chi connectivity index (χ0) is 17.2. The van der Waals surface area contributed by atoms with Crippen LogP contribution >= 0.6 is 0 Å². The third-order valence-corrected chi connectivity index (χ3v) is 3.90. The second-order valence-electron chi connectivity index (χ2n) is 5.76. The summed E-state index contributed by atoms with van der Waals surface area (Å²) in [5, 5.41) is 9.29. The van der Waals surface area contributed by atoms with E-state index in [1.807, 2.05) is 54.6 Å². The number of nitrogens with zero attached hydrogens (tertiary/aromatic N) is 2. The highest BCUT2D eigenvalue weighted by Crippen LogP contribution is 2.24. The van der Waals surface area contributed by atoms with Gasteiger partial charge in [-0.25, -0.2) is 4.98 Å². The van der Waals surface area contributed by atoms with Crippen LogP contribution in [0, 0.1) is 0 Å². The van der Waals surface area contributed by atoms with Crippen LogP contribution in [0.5, 0.6) is 5.75 Å². The van der Waals surface area contributed by atoms with Gasteiger partial charge in [0.1, 0.15) is 11.6 Å². The van der Waals surface area contributed by atoms with Gasteiger partial charge in [-0.2, -0.15) is 0 Å². The van der Waals surface area contributed by atoms with Crippen molar-refractivity contribution in [2.45, 2.75) is 0 Å². The van der Waals surface area contributed by atoms with Gasteiger partial charge in [0.05, 0.1) is 16.7 Å². The zero-order valence-corrected chi connectivity index (χ0v) is 13.3. The Kier molecular flexibility index (Phi) is 3.67. The molecule has 0 saturated carbocycles. The number of benzene rings is 3. The fourth-order valence-electron chi connectivity index (χ4n) is 2.58. The van der Waals surface area contributed by atoms with Crippen molar-refractivity contribution in [1.29, 1.82) is 0 Å². The molecule has 0 atom stereocenters. The SMILES string of the molecule is Nc1ccc2nc(-c3ccc(N=Cc4ccc(O)cc4)cc3)[nH]c2c1. The van der Waals surface area contributed by atoms with E-state index in [-0.39, 0.29) is 5.75 Å². The number of fused-ring (bicyclic) bond motifs is 1. The molecule has 122 valence electrons. The Morgan fingerprint density at radius 2 is 1.72 bits per heavy atom. The predicted octanol–water partition coefficient (Wildman–Crippen LogP) is 4.27. The normalized spacial score (nSPS) is 11.4. The second kappa shape index (κ2) is 6.13. The van der Waals surface area contributed by atoms with E-state index >= 15 is 0 Å². The van der Waals surface area contributed by atoms with Gasteiger partial charge in [-0.1, -0.05) is 0 Å². The van der Waals surface area contributed by atoms with Crippen LogP contribution in [0.1, 0.15) is 5.56 Å². The van der Waals surface area contributed by atoms with E-state index < -0.39 is 0 Å². The molecule has 3 aromatic carbocycles. The van der Waals surface area contributed by atoms with E-state index in [4.69, 9.17) is 5.73 Å². The molecule has 1 heterocycles. The van der Waals surface area contributed by atoms with Crippen molar-refractivity contribution in [3.05, 3.63) is 72.3 Å². The maximum Gasteiger partial charge on any atom is 0.138 e. The Bertz CT molecular complexity index is 1050. The van der Waals surface area contributed by atoms with Gasteiger partial charge in [-0.05, 0) is 72.3 Å². The van der Waals surface area contributed by atoms with Gasteiger partial charge in [0.25, 0.3) is 0 Å². The van der Waals surface area contributed by atoms with E-state index in [9.17, 15) is 5.11 Å². The van der Waals surface area contributed by atoms with Gasteiger partial charge in [0, 0.05) is 17.5 Å². The molecule has 0 radical (unpaired) electrons. The minimum absolute atomic E-state index is 0.245. The summed E-state index contributed by atoms with van der Waals surface area (Å²) in [6.07, 6.45) is 1.76. The molecular formula is C20H16N4O. The number of phenolic OH excluding ortho intramolecular Hbond substituents is 1. The van der Waals surface area contributed by atoms with Gasteiger partial charge < -0.3 is 15.8 Å². The number of nitrogens with two attached hydrogens (primary N) is 1. The zero-order valence-electron chi connectivity index (χ0n) is 13.3.